The lowest BCUT2D eigenvalue weighted by molar-refractivity contribution is 0.268. The summed E-state index contributed by atoms with van der Waals surface area (Å²) in [5, 5.41) is 13.6. The summed E-state index contributed by atoms with van der Waals surface area (Å²) in [4.78, 5) is 6.90. The van der Waals surface area contributed by atoms with Crippen molar-refractivity contribution in [2.24, 2.45) is 5.11 Å². The lowest BCUT2D eigenvalue weighted by Crippen LogP contribution is -1.99. The van der Waals surface area contributed by atoms with Gasteiger partial charge in [0.15, 0.2) is 0 Å². The van der Waals surface area contributed by atoms with Gasteiger partial charge in [0.05, 0.1) is 18.2 Å². The normalized spacial score (nSPS) is 12.1. The van der Waals surface area contributed by atoms with Crippen LogP contribution in [0.4, 0.5) is 0 Å². The fourth-order valence-corrected chi connectivity index (χ4v) is 1.57. The van der Waals surface area contributed by atoms with Crippen molar-refractivity contribution in [2.75, 3.05) is 6.61 Å². The maximum absolute atomic E-state index is 9.10. The maximum Gasteiger partial charge on any atom is 0.0856 e. The minimum Gasteiger partial charge on any atom is -0.396 e. The van der Waals surface area contributed by atoms with E-state index in [0.717, 1.165) is 16.5 Å². The van der Waals surface area contributed by atoms with Gasteiger partial charge in [-0.2, -0.15) is 0 Å². The van der Waals surface area contributed by atoms with Crippen LogP contribution in [0.5, 0.6) is 0 Å². The van der Waals surface area contributed by atoms with Gasteiger partial charge in [-0.05, 0) is 29.3 Å². The van der Waals surface area contributed by atoms with E-state index in [1.807, 2.05) is 30.3 Å². The molecule has 0 amide bonds. The smallest absolute Gasteiger partial charge is 0.0856 e. The Morgan fingerprint density at radius 1 is 1.44 bits per heavy atom. The molecule has 16 heavy (non-hydrogen) atoms. The molecule has 1 aromatic carbocycles. The molecule has 1 N–H and O–H groups in total. The minimum atomic E-state index is -0.533. The number of rotatable bonds is 3. The summed E-state index contributed by atoms with van der Waals surface area (Å²) in [7, 11) is 0. The third kappa shape index (κ3) is 1.95. The average Bonchev–Trinajstić information content (AvgIpc) is 2.35. The lowest BCUT2D eigenvalue weighted by Gasteiger charge is -2.08. The monoisotopic (exact) mass is 214 g/mol. The zero-order valence-electron chi connectivity index (χ0n) is 8.48. The summed E-state index contributed by atoms with van der Waals surface area (Å²) in [6.07, 6.45) is 1.72. The van der Waals surface area contributed by atoms with Crippen molar-refractivity contribution in [3.8, 4) is 0 Å². The number of hydrogen-bond acceptors (Lipinski definition) is 3. The SMILES string of the molecule is [N-]=[N+]=NC(CO)c1ccc2ncccc2c1. The maximum atomic E-state index is 9.10. The van der Waals surface area contributed by atoms with Crippen LogP contribution < -0.4 is 0 Å². The highest BCUT2D eigenvalue weighted by Gasteiger charge is 2.08. The fourth-order valence-electron chi connectivity index (χ4n) is 1.57. The van der Waals surface area contributed by atoms with Gasteiger partial charge in [-0.25, -0.2) is 0 Å². The van der Waals surface area contributed by atoms with Crippen LogP contribution >= 0.6 is 0 Å². The predicted octanol–water partition coefficient (Wildman–Crippen LogP) is 2.58. The molecule has 1 atom stereocenters. The summed E-state index contributed by atoms with van der Waals surface area (Å²) >= 11 is 0. The van der Waals surface area contributed by atoms with E-state index >= 15 is 0 Å². The number of azide groups is 1. The average molecular weight is 214 g/mol. The largest absolute Gasteiger partial charge is 0.396 e. The number of aliphatic hydroxyl groups excluding tert-OH is 1. The van der Waals surface area contributed by atoms with E-state index < -0.39 is 6.04 Å². The molecule has 0 bridgehead atoms. The predicted molar refractivity (Wildman–Crippen MR) is 60.7 cm³/mol. The standard InChI is InChI=1S/C11H10N4O/c12-15-14-11(7-16)9-3-4-10-8(6-9)2-1-5-13-10/h1-6,11,16H,7H2. The van der Waals surface area contributed by atoms with Crippen LogP contribution in [0.3, 0.4) is 0 Å². The number of nitrogens with zero attached hydrogens (tertiary/aromatic N) is 4. The Kier molecular flexibility index (Phi) is 3.00. The molecule has 2 rings (SSSR count). The first-order valence-electron chi connectivity index (χ1n) is 4.85. The quantitative estimate of drug-likeness (QED) is 0.484. The molecule has 0 aliphatic rings. The highest BCUT2D eigenvalue weighted by Crippen LogP contribution is 2.21. The van der Waals surface area contributed by atoms with Crippen molar-refractivity contribution in [1.29, 1.82) is 0 Å². The van der Waals surface area contributed by atoms with E-state index in [4.69, 9.17) is 10.6 Å². The van der Waals surface area contributed by atoms with Gasteiger partial charge >= 0.3 is 0 Å². The highest BCUT2D eigenvalue weighted by atomic mass is 16.3. The van der Waals surface area contributed by atoms with E-state index in [2.05, 4.69) is 15.0 Å². The first kappa shape index (κ1) is 10.4. The summed E-state index contributed by atoms with van der Waals surface area (Å²) in [5.41, 5.74) is 10.0. The van der Waals surface area contributed by atoms with Crippen molar-refractivity contribution in [1.82, 2.24) is 4.98 Å². The van der Waals surface area contributed by atoms with Gasteiger partial charge in [-0.1, -0.05) is 17.2 Å². The Hall–Kier alpha value is -2.10. The fraction of sp³-hybridized carbons (Fsp3) is 0.182. The Morgan fingerprint density at radius 3 is 3.06 bits per heavy atom. The first-order valence-corrected chi connectivity index (χ1v) is 4.85. The Labute approximate surface area is 92.0 Å². The number of aromatic nitrogens is 1. The van der Waals surface area contributed by atoms with E-state index in [1.165, 1.54) is 0 Å². The van der Waals surface area contributed by atoms with Crippen LogP contribution in [0.2, 0.25) is 0 Å². The van der Waals surface area contributed by atoms with E-state index in [-0.39, 0.29) is 6.61 Å². The molecule has 1 aromatic heterocycles. The molecule has 0 fully saturated rings. The molecule has 0 spiro atoms. The number of pyridine rings is 1. The molecule has 80 valence electrons. The number of hydrogen-bond donors (Lipinski definition) is 1. The number of aliphatic hydroxyl groups is 1. The van der Waals surface area contributed by atoms with Crippen LogP contribution in [0.25, 0.3) is 21.3 Å². The van der Waals surface area contributed by atoms with Crippen LogP contribution in [-0.4, -0.2) is 16.7 Å². The van der Waals surface area contributed by atoms with Crippen molar-refractivity contribution >= 4 is 10.9 Å². The number of fused-ring (bicyclic) bond motifs is 1. The Bertz CT molecular complexity index is 548. The van der Waals surface area contributed by atoms with E-state index in [1.54, 1.807) is 6.20 Å². The molecule has 5 nitrogen and oxygen atoms in total. The van der Waals surface area contributed by atoms with Crippen molar-refractivity contribution < 1.29 is 5.11 Å². The molecular weight excluding hydrogens is 204 g/mol. The molecule has 1 unspecified atom stereocenters. The van der Waals surface area contributed by atoms with Crippen LogP contribution in [0, 0.1) is 0 Å². The van der Waals surface area contributed by atoms with Gasteiger partial charge < -0.3 is 5.11 Å². The lowest BCUT2D eigenvalue weighted by atomic mass is 10.1. The third-order valence-corrected chi connectivity index (χ3v) is 2.38. The topological polar surface area (TPSA) is 81.9 Å². The second-order valence-corrected chi connectivity index (χ2v) is 3.36. The van der Waals surface area contributed by atoms with Gasteiger partial charge in [0.2, 0.25) is 0 Å². The zero-order chi connectivity index (χ0) is 11.4. The van der Waals surface area contributed by atoms with Gasteiger partial charge in [0.25, 0.3) is 0 Å². The van der Waals surface area contributed by atoms with Crippen molar-refractivity contribution in [2.45, 2.75) is 6.04 Å². The summed E-state index contributed by atoms with van der Waals surface area (Å²) < 4.78 is 0. The van der Waals surface area contributed by atoms with Gasteiger partial charge in [-0.3, -0.25) is 4.98 Å². The van der Waals surface area contributed by atoms with E-state index in [0.29, 0.717) is 0 Å². The van der Waals surface area contributed by atoms with Crippen LogP contribution in [0.1, 0.15) is 11.6 Å². The molecule has 0 saturated heterocycles. The molecule has 0 radical (unpaired) electrons. The third-order valence-electron chi connectivity index (χ3n) is 2.38. The van der Waals surface area contributed by atoms with Gasteiger partial charge in [-0.15, -0.1) is 0 Å². The Balaban J connectivity index is 2.49. The highest BCUT2D eigenvalue weighted by molar-refractivity contribution is 5.79. The first-order chi connectivity index (χ1) is 7.85. The Morgan fingerprint density at radius 2 is 2.31 bits per heavy atom. The summed E-state index contributed by atoms with van der Waals surface area (Å²) in [6, 6.07) is 8.77. The second-order valence-electron chi connectivity index (χ2n) is 3.36. The van der Waals surface area contributed by atoms with Crippen molar-refractivity contribution in [3.63, 3.8) is 0 Å². The van der Waals surface area contributed by atoms with E-state index in [9.17, 15) is 0 Å². The van der Waals surface area contributed by atoms with Crippen LogP contribution in [-0.2, 0) is 0 Å². The number of benzene rings is 1. The molecule has 1 heterocycles. The molecule has 0 aliphatic heterocycles. The molecule has 0 saturated carbocycles. The second kappa shape index (κ2) is 4.61. The van der Waals surface area contributed by atoms with Crippen molar-refractivity contribution in [3.05, 3.63) is 52.5 Å². The van der Waals surface area contributed by atoms with Gasteiger partial charge in [0.1, 0.15) is 0 Å². The zero-order valence-corrected chi connectivity index (χ0v) is 8.48. The molecule has 5 heteroatoms. The summed E-state index contributed by atoms with van der Waals surface area (Å²) in [6.45, 7) is -0.199. The molecular formula is C11H10N4O. The van der Waals surface area contributed by atoms with Gasteiger partial charge in [0, 0.05) is 16.5 Å². The minimum absolute atomic E-state index is 0.199. The summed E-state index contributed by atoms with van der Waals surface area (Å²) in [5.74, 6) is 0. The molecule has 0 aliphatic carbocycles. The molecule has 2 aromatic rings. The van der Waals surface area contributed by atoms with Crippen LogP contribution in [0.15, 0.2) is 41.6 Å².